The van der Waals surface area contributed by atoms with Crippen LogP contribution in [0.3, 0.4) is 0 Å². The molecule has 4 heteroatoms. The number of benzene rings is 1. The Kier molecular flexibility index (Phi) is 3.33. The minimum Gasteiger partial charge on any atom is -0.507 e. The molecule has 1 heterocycles. The van der Waals surface area contributed by atoms with E-state index in [0.717, 1.165) is 18.4 Å². The summed E-state index contributed by atoms with van der Waals surface area (Å²) in [6.45, 7) is 2.51. The molecule has 1 aliphatic rings. The molecule has 1 fully saturated rings. The molecule has 2 N–H and O–H groups in total. The number of aryl methyl sites for hydroxylation is 1. The van der Waals surface area contributed by atoms with E-state index >= 15 is 0 Å². The Hall–Kier alpha value is -1.55. The number of phenols is 1. The molecule has 0 saturated carbocycles. The van der Waals surface area contributed by atoms with Gasteiger partial charge >= 0.3 is 0 Å². The Labute approximate surface area is 100 Å². The van der Waals surface area contributed by atoms with Crippen LogP contribution in [0, 0.1) is 6.92 Å². The molecule has 1 atom stereocenters. The summed E-state index contributed by atoms with van der Waals surface area (Å²) in [7, 11) is 0. The molecule has 1 aromatic rings. The number of carbonyl (C=O) groups excluding carboxylic acids is 1. The van der Waals surface area contributed by atoms with Gasteiger partial charge in [0.1, 0.15) is 5.75 Å². The predicted molar refractivity (Wildman–Crippen MR) is 64.0 cm³/mol. The van der Waals surface area contributed by atoms with Crippen LogP contribution in [0.2, 0.25) is 0 Å². The summed E-state index contributed by atoms with van der Waals surface area (Å²) in [5.74, 6) is -0.188. The molecule has 1 aliphatic heterocycles. The normalized spacial score (nSPS) is 19.6. The Morgan fingerprint density at radius 1 is 1.53 bits per heavy atom. The van der Waals surface area contributed by atoms with Crippen molar-refractivity contribution in [2.24, 2.45) is 0 Å². The van der Waals surface area contributed by atoms with Gasteiger partial charge in [0, 0.05) is 6.54 Å². The molecule has 0 aromatic heterocycles. The monoisotopic (exact) mass is 235 g/mol. The zero-order valence-electron chi connectivity index (χ0n) is 9.89. The molecule has 1 aromatic carbocycles. The van der Waals surface area contributed by atoms with E-state index < -0.39 is 0 Å². The maximum Gasteiger partial charge on any atom is 0.257 e. The second-order valence-electron chi connectivity index (χ2n) is 4.50. The highest BCUT2D eigenvalue weighted by Gasteiger charge is 2.29. The first-order valence-electron chi connectivity index (χ1n) is 5.85. The van der Waals surface area contributed by atoms with Crippen LogP contribution in [0.15, 0.2) is 18.2 Å². The summed E-state index contributed by atoms with van der Waals surface area (Å²) < 4.78 is 0. The Morgan fingerprint density at radius 3 is 3.00 bits per heavy atom. The summed E-state index contributed by atoms with van der Waals surface area (Å²) in [5.41, 5.74) is 1.26. The lowest BCUT2D eigenvalue weighted by Crippen LogP contribution is -2.37. The zero-order valence-corrected chi connectivity index (χ0v) is 9.89. The highest BCUT2D eigenvalue weighted by Crippen LogP contribution is 2.25. The maximum absolute atomic E-state index is 12.2. The van der Waals surface area contributed by atoms with Crippen molar-refractivity contribution in [1.82, 2.24) is 4.90 Å². The van der Waals surface area contributed by atoms with E-state index in [4.69, 9.17) is 0 Å². The van der Waals surface area contributed by atoms with Crippen molar-refractivity contribution in [1.29, 1.82) is 0 Å². The lowest BCUT2D eigenvalue weighted by atomic mass is 10.1. The van der Waals surface area contributed by atoms with Crippen LogP contribution < -0.4 is 0 Å². The number of rotatable bonds is 2. The van der Waals surface area contributed by atoms with Crippen LogP contribution in [0.5, 0.6) is 5.75 Å². The summed E-state index contributed by atoms with van der Waals surface area (Å²) in [6.07, 6.45) is 1.73. The standard InChI is InChI=1S/C13H17NO3/c1-9-4-5-12(16)11(7-9)13(17)14-6-2-3-10(14)8-15/h4-5,7,10,15-16H,2-3,6,8H2,1H3/t10-/m1/s1. The molecule has 4 nitrogen and oxygen atoms in total. The topological polar surface area (TPSA) is 60.8 Å². The molecule has 92 valence electrons. The van der Waals surface area contributed by atoms with Crippen molar-refractivity contribution in [3.63, 3.8) is 0 Å². The van der Waals surface area contributed by atoms with Crippen molar-refractivity contribution >= 4 is 5.91 Å². The van der Waals surface area contributed by atoms with Crippen LogP contribution >= 0.6 is 0 Å². The van der Waals surface area contributed by atoms with Crippen LogP contribution in [0.4, 0.5) is 0 Å². The molecule has 0 spiro atoms. The number of nitrogens with zero attached hydrogens (tertiary/aromatic N) is 1. The molecule has 1 saturated heterocycles. The SMILES string of the molecule is Cc1ccc(O)c(C(=O)N2CCC[C@@H]2CO)c1. The lowest BCUT2D eigenvalue weighted by molar-refractivity contribution is 0.0674. The number of aromatic hydroxyl groups is 1. The van der Waals surface area contributed by atoms with Crippen LogP contribution in [-0.4, -0.2) is 40.2 Å². The Bertz CT molecular complexity index is 431. The van der Waals surface area contributed by atoms with Gasteiger partial charge in [0.2, 0.25) is 0 Å². The van der Waals surface area contributed by atoms with E-state index in [2.05, 4.69) is 0 Å². The van der Waals surface area contributed by atoms with Gasteiger partial charge in [-0.3, -0.25) is 4.79 Å². The highest BCUT2D eigenvalue weighted by atomic mass is 16.3. The fourth-order valence-corrected chi connectivity index (χ4v) is 2.27. The first kappa shape index (κ1) is 11.9. The van der Waals surface area contributed by atoms with Crippen molar-refractivity contribution in [3.05, 3.63) is 29.3 Å². The molecular formula is C13H17NO3. The number of hydrogen-bond acceptors (Lipinski definition) is 3. The molecule has 0 radical (unpaired) electrons. The van der Waals surface area contributed by atoms with E-state index in [1.54, 1.807) is 17.0 Å². The van der Waals surface area contributed by atoms with E-state index in [-0.39, 0.29) is 24.3 Å². The predicted octanol–water partition coefficient (Wildman–Crippen LogP) is 1.30. The number of phenolic OH excluding ortho intramolecular Hbond substituents is 1. The molecule has 0 aliphatic carbocycles. The van der Waals surface area contributed by atoms with E-state index in [1.807, 2.05) is 6.92 Å². The number of amides is 1. The van der Waals surface area contributed by atoms with E-state index in [0.29, 0.717) is 12.1 Å². The van der Waals surface area contributed by atoms with Crippen molar-refractivity contribution in [2.45, 2.75) is 25.8 Å². The number of likely N-dealkylation sites (tertiary alicyclic amines) is 1. The van der Waals surface area contributed by atoms with Gasteiger partial charge in [0.05, 0.1) is 18.2 Å². The smallest absolute Gasteiger partial charge is 0.257 e. The summed E-state index contributed by atoms with van der Waals surface area (Å²) >= 11 is 0. The van der Waals surface area contributed by atoms with Crippen molar-refractivity contribution < 1.29 is 15.0 Å². The van der Waals surface area contributed by atoms with E-state index in [1.165, 1.54) is 6.07 Å². The molecule has 2 rings (SSSR count). The number of aliphatic hydroxyl groups excluding tert-OH is 1. The molecule has 0 bridgehead atoms. The average molecular weight is 235 g/mol. The molecular weight excluding hydrogens is 218 g/mol. The second kappa shape index (κ2) is 4.75. The van der Waals surface area contributed by atoms with Crippen LogP contribution in [0.1, 0.15) is 28.8 Å². The Morgan fingerprint density at radius 2 is 2.29 bits per heavy atom. The highest BCUT2D eigenvalue weighted by molar-refractivity contribution is 5.97. The average Bonchev–Trinajstić information content (AvgIpc) is 2.79. The third-order valence-electron chi connectivity index (χ3n) is 3.23. The quantitative estimate of drug-likeness (QED) is 0.812. The van der Waals surface area contributed by atoms with Gasteiger partial charge in [-0.1, -0.05) is 11.6 Å². The lowest BCUT2D eigenvalue weighted by Gasteiger charge is -2.23. The number of carbonyl (C=O) groups is 1. The minimum atomic E-state index is -0.192. The summed E-state index contributed by atoms with van der Waals surface area (Å²) in [6, 6.07) is 4.87. The van der Waals surface area contributed by atoms with Gasteiger partial charge in [0.15, 0.2) is 0 Å². The van der Waals surface area contributed by atoms with Gasteiger partial charge in [-0.05, 0) is 31.9 Å². The van der Waals surface area contributed by atoms with E-state index in [9.17, 15) is 15.0 Å². The van der Waals surface area contributed by atoms with Gasteiger partial charge < -0.3 is 15.1 Å². The number of hydrogen-bond donors (Lipinski definition) is 2. The third kappa shape index (κ3) is 2.26. The first-order chi connectivity index (χ1) is 8.13. The van der Waals surface area contributed by atoms with Gasteiger partial charge in [-0.25, -0.2) is 0 Å². The Balaban J connectivity index is 2.27. The van der Waals surface area contributed by atoms with Crippen molar-refractivity contribution in [3.8, 4) is 5.75 Å². The zero-order chi connectivity index (χ0) is 12.4. The number of aliphatic hydroxyl groups is 1. The van der Waals surface area contributed by atoms with Gasteiger partial charge in [0.25, 0.3) is 5.91 Å². The fourth-order valence-electron chi connectivity index (χ4n) is 2.27. The van der Waals surface area contributed by atoms with Crippen LogP contribution in [0.25, 0.3) is 0 Å². The van der Waals surface area contributed by atoms with Crippen LogP contribution in [-0.2, 0) is 0 Å². The largest absolute Gasteiger partial charge is 0.507 e. The first-order valence-corrected chi connectivity index (χ1v) is 5.85. The fraction of sp³-hybridized carbons (Fsp3) is 0.462. The third-order valence-corrected chi connectivity index (χ3v) is 3.23. The molecule has 17 heavy (non-hydrogen) atoms. The van der Waals surface area contributed by atoms with Gasteiger partial charge in [-0.15, -0.1) is 0 Å². The van der Waals surface area contributed by atoms with Gasteiger partial charge in [-0.2, -0.15) is 0 Å². The summed E-state index contributed by atoms with van der Waals surface area (Å²) in [5, 5.41) is 18.9. The maximum atomic E-state index is 12.2. The molecule has 0 unspecified atom stereocenters. The minimum absolute atomic E-state index is 0.00388. The molecule has 1 amide bonds. The second-order valence-corrected chi connectivity index (χ2v) is 4.50. The van der Waals surface area contributed by atoms with Crippen molar-refractivity contribution in [2.75, 3.05) is 13.2 Å². The summed E-state index contributed by atoms with van der Waals surface area (Å²) in [4.78, 5) is 13.9.